The first-order valence-electron chi connectivity index (χ1n) is 6.35. The average Bonchev–Trinajstić information content (AvgIpc) is 3.00. The maximum absolute atomic E-state index is 11.6. The Kier molecular flexibility index (Phi) is 4.39. The molecule has 0 aromatic carbocycles. The molecule has 0 radical (unpaired) electrons. The van der Waals surface area contributed by atoms with Crippen LogP contribution >= 0.6 is 0 Å². The third-order valence-electron chi connectivity index (χ3n) is 3.14. The molecule has 98 valence electrons. The Bertz CT molecular complexity index is 394. The smallest absolute Gasteiger partial charge is 0.254 e. The van der Waals surface area contributed by atoms with Crippen molar-refractivity contribution in [2.24, 2.45) is 0 Å². The van der Waals surface area contributed by atoms with Crippen LogP contribution < -0.4 is 10.6 Å². The lowest BCUT2D eigenvalue weighted by molar-refractivity contribution is -0.121. The summed E-state index contributed by atoms with van der Waals surface area (Å²) in [7, 11) is 0. The summed E-state index contributed by atoms with van der Waals surface area (Å²) in [5.74, 6) is -0.202. The van der Waals surface area contributed by atoms with E-state index in [9.17, 15) is 9.59 Å². The maximum Gasteiger partial charge on any atom is 0.254 e. The topological polar surface area (TPSA) is 71.3 Å². The molecule has 0 spiro atoms. The van der Waals surface area contributed by atoms with Crippen LogP contribution in [0.5, 0.6) is 0 Å². The van der Waals surface area contributed by atoms with Crippen molar-refractivity contribution in [1.82, 2.24) is 10.6 Å². The monoisotopic (exact) mass is 250 g/mol. The molecule has 1 aliphatic rings. The van der Waals surface area contributed by atoms with Gasteiger partial charge in [0.15, 0.2) is 0 Å². The molecule has 18 heavy (non-hydrogen) atoms. The van der Waals surface area contributed by atoms with E-state index in [4.69, 9.17) is 4.42 Å². The standard InChI is InChI=1S/C13H18N2O3/c16-12(15-11-3-1-2-4-11)5-7-14-13(17)10-6-8-18-9-10/h6,8-9,11H,1-5,7H2,(H,14,17)(H,15,16). The molecule has 1 heterocycles. The van der Waals surface area contributed by atoms with E-state index >= 15 is 0 Å². The number of hydrogen-bond donors (Lipinski definition) is 2. The Labute approximate surface area is 106 Å². The molecule has 0 bridgehead atoms. The Morgan fingerprint density at radius 3 is 2.78 bits per heavy atom. The van der Waals surface area contributed by atoms with Crippen LogP contribution in [0.3, 0.4) is 0 Å². The first-order valence-corrected chi connectivity index (χ1v) is 6.35. The molecule has 1 aliphatic carbocycles. The van der Waals surface area contributed by atoms with Crippen LogP contribution in [0.1, 0.15) is 42.5 Å². The van der Waals surface area contributed by atoms with E-state index in [1.165, 1.54) is 25.4 Å². The van der Waals surface area contributed by atoms with Crippen molar-refractivity contribution in [3.8, 4) is 0 Å². The Balaban J connectivity index is 1.62. The van der Waals surface area contributed by atoms with Gasteiger partial charge in [0, 0.05) is 19.0 Å². The van der Waals surface area contributed by atoms with Crippen LogP contribution in [0.25, 0.3) is 0 Å². The molecule has 1 aromatic rings. The number of carbonyl (C=O) groups is 2. The van der Waals surface area contributed by atoms with Crippen molar-refractivity contribution in [2.45, 2.75) is 38.1 Å². The minimum absolute atomic E-state index is 0.00870. The van der Waals surface area contributed by atoms with Gasteiger partial charge in [-0.3, -0.25) is 9.59 Å². The predicted octanol–water partition coefficient (Wildman–Crippen LogP) is 1.46. The van der Waals surface area contributed by atoms with E-state index in [0.29, 0.717) is 24.6 Å². The molecule has 2 amide bonds. The second-order valence-corrected chi connectivity index (χ2v) is 4.57. The highest BCUT2D eigenvalue weighted by atomic mass is 16.3. The highest BCUT2D eigenvalue weighted by molar-refractivity contribution is 5.94. The van der Waals surface area contributed by atoms with Crippen molar-refractivity contribution in [3.63, 3.8) is 0 Å². The molecule has 0 aliphatic heterocycles. The van der Waals surface area contributed by atoms with Crippen molar-refractivity contribution in [2.75, 3.05) is 6.54 Å². The number of furan rings is 1. The number of hydrogen-bond acceptors (Lipinski definition) is 3. The van der Waals surface area contributed by atoms with Crippen LogP contribution in [0.15, 0.2) is 23.0 Å². The van der Waals surface area contributed by atoms with E-state index < -0.39 is 0 Å². The van der Waals surface area contributed by atoms with Gasteiger partial charge in [-0.1, -0.05) is 12.8 Å². The molecule has 2 N–H and O–H groups in total. The number of rotatable bonds is 5. The fourth-order valence-corrected chi connectivity index (χ4v) is 2.16. The first kappa shape index (κ1) is 12.7. The summed E-state index contributed by atoms with van der Waals surface area (Å²) < 4.78 is 4.81. The molecule has 2 rings (SSSR count). The maximum atomic E-state index is 11.6. The molecule has 5 nitrogen and oxygen atoms in total. The molecular formula is C13H18N2O3. The molecule has 0 saturated heterocycles. The lowest BCUT2D eigenvalue weighted by Gasteiger charge is -2.11. The largest absolute Gasteiger partial charge is 0.472 e. The van der Waals surface area contributed by atoms with E-state index in [1.807, 2.05) is 0 Å². The summed E-state index contributed by atoms with van der Waals surface area (Å²) in [6.45, 7) is 0.350. The fourth-order valence-electron chi connectivity index (χ4n) is 2.16. The summed E-state index contributed by atoms with van der Waals surface area (Å²) in [5.41, 5.74) is 0.478. The zero-order valence-corrected chi connectivity index (χ0v) is 10.3. The zero-order valence-electron chi connectivity index (χ0n) is 10.3. The van der Waals surface area contributed by atoms with Crippen LogP contribution in [0.2, 0.25) is 0 Å². The summed E-state index contributed by atoms with van der Waals surface area (Å²) >= 11 is 0. The summed E-state index contributed by atoms with van der Waals surface area (Å²) in [4.78, 5) is 23.1. The molecule has 0 unspecified atom stereocenters. The van der Waals surface area contributed by atoms with E-state index in [-0.39, 0.29) is 11.8 Å². The van der Waals surface area contributed by atoms with Crippen LogP contribution in [0, 0.1) is 0 Å². The van der Waals surface area contributed by atoms with E-state index in [0.717, 1.165) is 12.8 Å². The quantitative estimate of drug-likeness (QED) is 0.831. The van der Waals surface area contributed by atoms with Crippen molar-refractivity contribution in [3.05, 3.63) is 24.2 Å². The van der Waals surface area contributed by atoms with Gasteiger partial charge in [0.1, 0.15) is 6.26 Å². The van der Waals surface area contributed by atoms with Gasteiger partial charge in [0.2, 0.25) is 5.91 Å². The Hall–Kier alpha value is -1.78. The van der Waals surface area contributed by atoms with Crippen LogP contribution in [-0.4, -0.2) is 24.4 Å². The SMILES string of the molecule is O=C(CCNC(=O)c1ccoc1)NC1CCCC1. The fraction of sp³-hybridized carbons (Fsp3) is 0.538. The van der Waals surface area contributed by atoms with Gasteiger partial charge in [-0.2, -0.15) is 0 Å². The van der Waals surface area contributed by atoms with Gasteiger partial charge in [-0.25, -0.2) is 0 Å². The lowest BCUT2D eigenvalue weighted by atomic mass is 10.2. The van der Waals surface area contributed by atoms with Gasteiger partial charge in [-0.15, -0.1) is 0 Å². The van der Waals surface area contributed by atoms with Crippen LogP contribution in [0.4, 0.5) is 0 Å². The summed E-state index contributed by atoms with van der Waals surface area (Å²) in [6, 6.07) is 1.93. The molecular weight excluding hydrogens is 232 g/mol. The average molecular weight is 250 g/mol. The molecule has 1 aromatic heterocycles. The molecule has 5 heteroatoms. The second kappa shape index (κ2) is 6.23. The minimum atomic E-state index is -0.211. The second-order valence-electron chi connectivity index (χ2n) is 4.57. The predicted molar refractivity (Wildman–Crippen MR) is 66.1 cm³/mol. The van der Waals surface area contributed by atoms with Gasteiger partial charge < -0.3 is 15.1 Å². The highest BCUT2D eigenvalue weighted by Gasteiger charge is 2.16. The van der Waals surface area contributed by atoms with Gasteiger partial charge in [-0.05, 0) is 18.9 Å². The highest BCUT2D eigenvalue weighted by Crippen LogP contribution is 2.17. The van der Waals surface area contributed by atoms with E-state index in [1.54, 1.807) is 6.07 Å². The Morgan fingerprint density at radius 1 is 1.33 bits per heavy atom. The van der Waals surface area contributed by atoms with Gasteiger partial charge in [0.05, 0.1) is 11.8 Å². The van der Waals surface area contributed by atoms with Crippen LogP contribution in [-0.2, 0) is 4.79 Å². The summed E-state index contributed by atoms with van der Waals surface area (Å²) in [6.07, 6.45) is 7.69. The minimum Gasteiger partial charge on any atom is -0.472 e. The number of amides is 2. The lowest BCUT2D eigenvalue weighted by Crippen LogP contribution is -2.35. The molecule has 0 atom stereocenters. The van der Waals surface area contributed by atoms with Gasteiger partial charge in [0.25, 0.3) is 5.91 Å². The van der Waals surface area contributed by atoms with Crippen molar-refractivity contribution >= 4 is 11.8 Å². The number of nitrogens with one attached hydrogen (secondary N) is 2. The Morgan fingerprint density at radius 2 is 2.11 bits per heavy atom. The van der Waals surface area contributed by atoms with Crippen molar-refractivity contribution in [1.29, 1.82) is 0 Å². The molecule has 1 fully saturated rings. The van der Waals surface area contributed by atoms with Crippen molar-refractivity contribution < 1.29 is 14.0 Å². The first-order chi connectivity index (χ1) is 8.75. The third-order valence-corrected chi connectivity index (χ3v) is 3.14. The number of carbonyl (C=O) groups excluding carboxylic acids is 2. The third kappa shape index (κ3) is 3.61. The summed E-state index contributed by atoms with van der Waals surface area (Å²) in [5, 5.41) is 5.66. The zero-order chi connectivity index (χ0) is 12.8. The molecule has 1 saturated carbocycles. The van der Waals surface area contributed by atoms with E-state index in [2.05, 4.69) is 10.6 Å². The van der Waals surface area contributed by atoms with Gasteiger partial charge >= 0.3 is 0 Å². The normalized spacial score (nSPS) is 15.6.